The van der Waals surface area contributed by atoms with E-state index in [4.69, 9.17) is 0 Å². The number of hydrogen-bond acceptors (Lipinski definition) is 2. The number of hydrogen-bond donors (Lipinski definition) is 1. The Kier molecular flexibility index (Phi) is 3.69. The van der Waals surface area contributed by atoms with Crippen LogP contribution in [0.5, 0.6) is 0 Å². The number of aliphatic hydroxyl groups is 1. The van der Waals surface area contributed by atoms with E-state index in [0.717, 1.165) is 25.0 Å². The summed E-state index contributed by atoms with van der Waals surface area (Å²) in [6, 6.07) is 3.35. The second kappa shape index (κ2) is 5.37. The molecule has 5 heteroatoms. The molecule has 0 aromatic heterocycles. The van der Waals surface area contributed by atoms with Gasteiger partial charge >= 0.3 is 0 Å². The normalized spacial score (nSPS) is 25.5. The van der Waals surface area contributed by atoms with Crippen LogP contribution in [0.15, 0.2) is 18.2 Å². The van der Waals surface area contributed by atoms with Crippen LogP contribution in [0.25, 0.3) is 0 Å². The fourth-order valence-corrected chi connectivity index (χ4v) is 2.89. The van der Waals surface area contributed by atoms with Crippen LogP contribution >= 0.6 is 0 Å². The lowest BCUT2D eigenvalue weighted by Crippen LogP contribution is -2.36. The average molecular weight is 295 g/mol. The lowest BCUT2D eigenvalue weighted by Gasteiger charge is -2.21. The summed E-state index contributed by atoms with van der Waals surface area (Å²) < 4.78 is 26.9. The molecule has 2 saturated carbocycles. The van der Waals surface area contributed by atoms with E-state index in [2.05, 4.69) is 0 Å². The maximum absolute atomic E-state index is 13.7. The van der Waals surface area contributed by atoms with Crippen molar-refractivity contribution in [2.75, 3.05) is 13.6 Å². The standard InChI is InChI=1S/C16H19F2NO2/c1-19(8-15(20)9-2-3-9)16(21)13-7-11(13)12-6-10(17)4-5-14(12)18/h4-6,9,11,13,15,20H,2-3,7-8H2,1H3. The van der Waals surface area contributed by atoms with Gasteiger partial charge in [-0.25, -0.2) is 8.78 Å². The fourth-order valence-electron chi connectivity index (χ4n) is 2.89. The molecular formula is C16H19F2NO2. The molecule has 0 aliphatic heterocycles. The van der Waals surface area contributed by atoms with Gasteiger partial charge in [0.1, 0.15) is 11.6 Å². The Balaban J connectivity index is 1.61. The van der Waals surface area contributed by atoms with Gasteiger partial charge in [-0.1, -0.05) is 0 Å². The summed E-state index contributed by atoms with van der Waals surface area (Å²) in [6.45, 7) is 0.318. The third kappa shape index (κ3) is 3.07. The number of nitrogens with zero attached hydrogens (tertiary/aromatic N) is 1. The van der Waals surface area contributed by atoms with E-state index in [1.54, 1.807) is 7.05 Å². The van der Waals surface area contributed by atoms with Crippen LogP contribution in [0, 0.1) is 23.5 Å². The predicted octanol–water partition coefficient (Wildman–Crippen LogP) is 2.30. The van der Waals surface area contributed by atoms with Crippen molar-refractivity contribution >= 4 is 5.91 Å². The maximum Gasteiger partial charge on any atom is 0.226 e. The first kappa shape index (κ1) is 14.4. The van der Waals surface area contributed by atoms with Gasteiger partial charge in [0.25, 0.3) is 0 Å². The molecule has 2 aliphatic rings. The van der Waals surface area contributed by atoms with E-state index < -0.39 is 17.7 Å². The van der Waals surface area contributed by atoms with Crippen molar-refractivity contribution in [3.63, 3.8) is 0 Å². The Labute approximate surface area is 122 Å². The maximum atomic E-state index is 13.7. The molecule has 0 spiro atoms. The lowest BCUT2D eigenvalue weighted by molar-refractivity contribution is -0.132. The number of likely N-dealkylation sites (N-methyl/N-ethyl adjacent to an activating group) is 1. The Morgan fingerprint density at radius 2 is 2.14 bits per heavy atom. The number of rotatable bonds is 5. The number of carbonyl (C=O) groups is 1. The SMILES string of the molecule is CN(CC(O)C1CC1)C(=O)C1CC1c1cc(F)ccc1F. The highest BCUT2D eigenvalue weighted by molar-refractivity contribution is 5.82. The molecule has 1 N–H and O–H groups in total. The molecule has 1 aromatic rings. The first-order chi connectivity index (χ1) is 9.97. The van der Waals surface area contributed by atoms with Gasteiger partial charge in [-0.05, 0) is 54.9 Å². The molecule has 1 amide bonds. The second-order valence-electron chi connectivity index (χ2n) is 6.24. The number of amides is 1. The molecular weight excluding hydrogens is 276 g/mol. The quantitative estimate of drug-likeness (QED) is 0.905. The molecule has 3 nitrogen and oxygen atoms in total. The molecule has 2 fully saturated rings. The molecule has 0 saturated heterocycles. The summed E-state index contributed by atoms with van der Waals surface area (Å²) in [6.07, 6.45) is 2.11. The largest absolute Gasteiger partial charge is 0.391 e. The van der Waals surface area contributed by atoms with Crippen molar-refractivity contribution in [1.82, 2.24) is 4.90 Å². The molecule has 3 rings (SSSR count). The van der Waals surface area contributed by atoms with E-state index in [9.17, 15) is 18.7 Å². The molecule has 114 valence electrons. The minimum Gasteiger partial charge on any atom is -0.391 e. The summed E-state index contributed by atoms with van der Waals surface area (Å²) in [5, 5.41) is 9.87. The van der Waals surface area contributed by atoms with Gasteiger partial charge in [-0.2, -0.15) is 0 Å². The highest BCUT2D eigenvalue weighted by Crippen LogP contribution is 2.49. The summed E-state index contributed by atoms with van der Waals surface area (Å²) in [4.78, 5) is 13.8. The zero-order valence-corrected chi connectivity index (χ0v) is 11.9. The van der Waals surface area contributed by atoms with Crippen molar-refractivity contribution < 1.29 is 18.7 Å². The van der Waals surface area contributed by atoms with Crippen molar-refractivity contribution in [2.24, 2.45) is 11.8 Å². The van der Waals surface area contributed by atoms with Crippen LogP contribution in [0.4, 0.5) is 8.78 Å². The van der Waals surface area contributed by atoms with Gasteiger partial charge in [-0.15, -0.1) is 0 Å². The Morgan fingerprint density at radius 1 is 1.43 bits per heavy atom. The van der Waals surface area contributed by atoms with Crippen LogP contribution < -0.4 is 0 Å². The van der Waals surface area contributed by atoms with Crippen LogP contribution in [0.2, 0.25) is 0 Å². The topological polar surface area (TPSA) is 40.5 Å². The van der Waals surface area contributed by atoms with Gasteiger partial charge in [0.05, 0.1) is 6.10 Å². The molecule has 21 heavy (non-hydrogen) atoms. The van der Waals surface area contributed by atoms with Gasteiger partial charge < -0.3 is 10.0 Å². The van der Waals surface area contributed by atoms with Gasteiger partial charge in [0.15, 0.2) is 0 Å². The predicted molar refractivity (Wildman–Crippen MR) is 73.6 cm³/mol. The summed E-state index contributed by atoms with van der Waals surface area (Å²) in [5.41, 5.74) is 0.282. The third-order valence-corrected chi connectivity index (χ3v) is 4.47. The molecule has 2 aliphatic carbocycles. The van der Waals surface area contributed by atoms with E-state index in [1.165, 1.54) is 11.0 Å². The first-order valence-electron chi connectivity index (χ1n) is 7.35. The van der Waals surface area contributed by atoms with Crippen LogP contribution in [-0.4, -0.2) is 35.6 Å². The molecule has 0 heterocycles. The van der Waals surface area contributed by atoms with Crippen molar-refractivity contribution in [3.05, 3.63) is 35.4 Å². The summed E-state index contributed by atoms with van der Waals surface area (Å²) >= 11 is 0. The van der Waals surface area contributed by atoms with Gasteiger partial charge in [0, 0.05) is 19.5 Å². The molecule has 3 unspecified atom stereocenters. The van der Waals surface area contributed by atoms with Crippen molar-refractivity contribution in [2.45, 2.75) is 31.3 Å². The minimum absolute atomic E-state index is 0.0941. The number of halogens is 2. The van der Waals surface area contributed by atoms with Crippen LogP contribution in [-0.2, 0) is 4.79 Å². The summed E-state index contributed by atoms with van der Waals surface area (Å²) in [5.74, 6) is -1.26. The van der Waals surface area contributed by atoms with Crippen LogP contribution in [0.1, 0.15) is 30.7 Å². The minimum atomic E-state index is -0.484. The number of carbonyl (C=O) groups excluding carboxylic acids is 1. The van der Waals surface area contributed by atoms with Crippen LogP contribution in [0.3, 0.4) is 0 Å². The molecule has 0 radical (unpaired) electrons. The first-order valence-corrected chi connectivity index (χ1v) is 7.35. The Morgan fingerprint density at radius 3 is 2.81 bits per heavy atom. The van der Waals surface area contributed by atoms with Gasteiger partial charge in [-0.3, -0.25) is 4.79 Å². The number of aliphatic hydroxyl groups excluding tert-OH is 1. The Bertz CT molecular complexity index is 559. The van der Waals surface area contributed by atoms with E-state index in [1.807, 2.05) is 0 Å². The Hall–Kier alpha value is -1.49. The number of benzene rings is 1. The van der Waals surface area contributed by atoms with E-state index >= 15 is 0 Å². The van der Waals surface area contributed by atoms with E-state index in [0.29, 0.717) is 18.9 Å². The monoisotopic (exact) mass is 295 g/mol. The lowest BCUT2D eigenvalue weighted by atomic mass is 10.1. The molecule has 0 bridgehead atoms. The smallest absolute Gasteiger partial charge is 0.226 e. The highest BCUT2D eigenvalue weighted by Gasteiger charge is 2.47. The third-order valence-electron chi connectivity index (χ3n) is 4.47. The fraction of sp³-hybridized carbons (Fsp3) is 0.562. The highest BCUT2D eigenvalue weighted by atomic mass is 19.1. The molecule has 1 aromatic carbocycles. The van der Waals surface area contributed by atoms with Crippen molar-refractivity contribution in [3.8, 4) is 0 Å². The summed E-state index contributed by atoms with van der Waals surface area (Å²) in [7, 11) is 1.66. The molecule has 3 atom stereocenters. The second-order valence-corrected chi connectivity index (χ2v) is 6.24. The van der Waals surface area contributed by atoms with Crippen molar-refractivity contribution in [1.29, 1.82) is 0 Å². The van der Waals surface area contributed by atoms with Gasteiger partial charge in [0.2, 0.25) is 5.91 Å². The average Bonchev–Trinajstić information content (AvgIpc) is 3.32. The zero-order valence-electron chi connectivity index (χ0n) is 11.9. The van der Waals surface area contributed by atoms with E-state index in [-0.39, 0.29) is 23.3 Å². The zero-order chi connectivity index (χ0) is 15.1.